The lowest BCUT2D eigenvalue weighted by molar-refractivity contribution is -0.212. The van der Waals surface area contributed by atoms with Gasteiger partial charge in [0.05, 0.1) is 18.8 Å². The lowest BCUT2D eigenvalue weighted by atomic mass is 9.66. The van der Waals surface area contributed by atoms with Crippen LogP contribution in [-0.4, -0.2) is 65.5 Å². The van der Waals surface area contributed by atoms with Crippen LogP contribution in [0.4, 0.5) is 0 Å². The Hall–Kier alpha value is -1.89. The van der Waals surface area contributed by atoms with Crippen LogP contribution in [0.1, 0.15) is 23.2 Å². The van der Waals surface area contributed by atoms with Crippen LogP contribution in [-0.2, 0) is 9.47 Å². The molecule has 1 aromatic heterocycles. The highest BCUT2D eigenvalue weighted by molar-refractivity contribution is 5.98. The molecule has 2 N–H and O–H groups in total. The monoisotopic (exact) mass is 356 g/mol. The van der Waals surface area contributed by atoms with Crippen LogP contribution in [0.25, 0.3) is 10.9 Å². The zero-order valence-corrected chi connectivity index (χ0v) is 14.7. The molecule has 1 amide bonds. The van der Waals surface area contributed by atoms with Crippen LogP contribution in [0.2, 0.25) is 0 Å². The third-order valence-corrected chi connectivity index (χ3v) is 6.52. The van der Waals surface area contributed by atoms with E-state index in [4.69, 9.17) is 9.47 Å². The first-order valence-electron chi connectivity index (χ1n) is 9.43. The van der Waals surface area contributed by atoms with Crippen molar-refractivity contribution in [2.45, 2.75) is 24.5 Å². The molecule has 4 atom stereocenters. The van der Waals surface area contributed by atoms with Crippen molar-refractivity contribution in [3.63, 3.8) is 0 Å². The van der Waals surface area contributed by atoms with Gasteiger partial charge in [-0.05, 0) is 30.0 Å². The Morgan fingerprint density at radius 3 is 3.04 bits per heavy atom. The number of hydrogen-bond donors (Lipinski definition) is 2. The summed E-state index contributed by atoms with van der Waals surface area (Å²) in [7, 11) is 0. The molecule has 1 aromatic carbocycles. The van der Waals surface area contributed by atoms with E-state index in [-0.39, 0.29) is 23.8 Å². The summed E-state index contributed by atoms with van der Waals surface area (Å²) in [6, 6.07) is 7.81. The molecule has 0 radical (unpaired) electrons. The molecule has 5 rings (SSSR count). The number of likely N-dealkylation sites (tertiary alicyclic amines) is 1. The average Bonchev–Trinajstić information content (AvgIpc) is 3.15. The van der Waals surface area contributed by atoms with E-state index in [1.54, 1.807) is 0 Å². The minimum absolute atomic E-state index is 0.0231. The van der Waals surface area contributed by atoms with Gasteiger partial charge in [0.2, 0.25) is 0 Å². The van der Waals surface area contributed by atoms with Gasteiger partial charge in [0.15, 0.2) is 0 Å². The van der Waals surface area contributed by atoms with Crippen LogP contribution >= 0.6 is 0 Å². The number of hydrogen-bond acceptors (Lipinski definition) is 4. The number of benzene rings is 1. The van der Waals surface area contributed by atoms with Crippen LogP contribution in [0.3, 0.4) is 0 Å². The Kier molecular flexibility index (Phi) is 3.81. The molecule has 4 heterocycles. The van der Waals surface area contributed by atoms with Gasteiger partial charge in [0.1, 0.15) is 0 Å². The van der Waals surface area contributed by atoms with Crippen LogP contribution < -0.4 is 0 Å². The number of amides is 1. The highest BCUT2D eigenvalue weighted by atomic mass is 16.5. The molecule has 138 valence electrons. The largest absolute Gasteiger partial charge is 0.389 e. The smallest absolute Gasteiger partial charge is 0.254 e. The van der Waals surface area contributed by atoms with Gasteiger partial charge in [-0.2, -0.15) is 0 Å². The van der Waals surface area contributed by atoms with E-state index in [1.165, 1.54) is 0 Å². The molecular formula is C20H24N2O4. The van der Waals surface area contributed by atoms with E-state index in [2.05, 4.69) is 4.98 Å². The fraction of sp³-hybridized carbons (Fsp3) is 0.550. The Morgan fingerprint density at radius 2 is 2.12 bits per heavy atom. The van der Waals surface area contributed by atoms with E-state index in [9.17, 15) is 9.90 Å². The second kappa shape index (κ2) is 6.08. The Labute approximate surface area is 152 Å². The zero-order valence-electron chi connectivity index (χ0n) is 14.7. The van der Waals surface area contributed by atoms with Gasteiger partial charge in [0, 0.05) is 61.3 Å². The third kappa shape index (κ3) is 2.40. The maximum absolute atomic E-state index is 13.3. The number of piperidine rings is 1. The fourth-order valence-electron chi connectivity index (χ4n) is 5.04. The first-order valence-corrected chi connectivity index (χ1v) is 9.43. The first kappa shape index (κ1) is 16.3. The minimum atomic E-state index is -0.788. The van der Waals surface area contributed by atoms with E-state index in [0.29, 0.717) is 45.0 Å². The molecule has 3 saturated heterocycles. The Balaban J connectivity index is 1.49. The van der Waals surface area contributed by atoms with Gasteiger partial charge < -0.3 is 24.5 Å². The predicted octanol–water partition coefficient (Wildman–Crippen LogP) is 1.80. The van der Waals surface area contributed by atoms with Crippen LogP contribution in [0.5, 0.6) is 0 Å². The number of rotatable bonds is 1. The summed E-state index contributed by atoms with van der Waals surface area (Å²) in [5, 5.41) is 12.5. The third-order valence-electron chi connectivity index (χ3n) is 6.52. The summed E-state index contributed by atoms with van der Waals surface area (Å²) >= 11 is 0. The van der Waals surface area contributed by atoms with Gasteiger partial charge in [0.25, 0.3) is 5.91 Å². The summed E-state index contributed by atoms with van der Waals surface area (Å²) in [6.45, 7) is 2.76. The van der Waals surface area contributed by atoms with Gasteiger partial charge in [-0.15, -0.1) is 0 Å². The quantitative estimate of drug-likeness (QED) is 0.817. The second-order valence-corrected chi connectivity index (χ2v) is 7.79. The molecule has 0 spiro atoms. The number of fused-ring (bicyclic) bond motifs is 4. The van der Waals surface area contributed by atoms with Gasteiger partial charge in [-0.1, -0.05) is 6.07 Å². The molecule has 2 aromatic rings. The highest BCUT2D eigenvalue weighted by Gasteiger charge is 2.56. The van der Waals surface area contributed by atoms with E-state index < -0.39 is 5.60 Å². The summed E-state index contributed by atoms with van der Waals surface area (Å²) in [5.74, 6) is -0.0690. The van der Waals surface area contributed by atoms with Crippen LogP contribution in [0.15, 0.2) is 30.5 Å². The Bertz CT molecular complexity index is 834. The number of aromatic nitrogens is 1. The number of aliphatic hydroxyl groups is 1. The maximum Gasteiger partial charge on any atom is 0.254 e. The lowest BCUT2D eigenvalue weighted by Crippen LogP contribution is -2.68. The average molecular weight is 356 g/mol. The van der Waals surface area contributed by atoms with Gasteiger partial charge in [-0.3, -0.25) is 4.79 Å². The maximum atomic E-state index is 13.3. The van der Waals surface area contributed by atoms with E-state index in [0.717, 1.165) is 17.3 Å². The number of carbonyl (C=O) groups excluding carboxylic acids is 1. The molecule has 0 bridgehead atoms. The first-order chi connectivity index (χ1) is 12.7. The number of ether oxygens (including phenoxy) is 2. The summed E-state index contributed by atoms with van der Waals surface area (Å²) in [5.41, 5.74) is 0.866. The van der Waals surface area contributed by atoms with Crippen molar-refractivity contribution in [1.29, 1.82) is 0 Å². The molecule has 3 aliphatic rings. The zero-order chi connectivity index (χ0) is 17.7. The summed E-state index contributed by atoms with van der Waals surface area (Å²) < 4.78 is 11.3. The number of carbonyl (C=O) groups is 1. The number of nitrogens with zero attached hydrogens (tertiary/aromatic N) is 1. The normalized spacial score (nSPS) is 34.3. The minimum Gasteiger partial charge on any atom is -0.389 e. The second-order valence-electron chi connectivity index (χ2n) is 7.79. The van der Waals surface area contributed by atoms with E-state index in [1.807, 2.05) is 35.4 Å². The molecule has 3 fully saturated rings. The summed E-state index contributed by atoms with van der Waals surface area (Å²) in [6.07, 6.45) is 3.28. The standard InChI is InChI=1S/C20H24N2O4/c23-19(14-2-1-13-3-6-21-17(13)9-14)22-10-15-11-26-8-5-20(15,24)16-12-25-7-4-18(16)22/h1-3,6,9,15-16,18,21,24H,4-5,7-8,10-12H2/t15-,16+,18-,20-/m0/s1. The van der Waals surface area contributed by atoms with Crippen LogP contribution in [0, 0.1) is 11.8 Å². The SMILES string of the molecule is O=C(c1ccc2cc[nH]c2c1)N1C[C@H]2COCC[C@@]2(O)[C@@H]2COCC[C@@H]21. The fourth-order valence-corrected chi connectivity index (χ4v) is 5.04. The molecule has 0 aliphatic carbocycles. The van der Waals surface area contributed by atoms with Crippen molar-refractivity contribution in [2.24, 2.45) is 11.8 Å². The highest BCUT2D eigenvalue weighted by Crippen LogP contribution is 2.44. The molecule has 26 heavy (non-hydrogen) atoms. The van der Waals surface area contributed by atoms with E-state index >= 15 is 0 Å². The molecule has 6 heteroatoms. The summed E-state index contributed by atoms with van der Waals surface area (Å²) in [4.78, 5) is 18.5. The molecule has 0 unspecified atom stereocenters. The van der Waals surface area contributed by atoms with Crippen molar-refractivity contribution in [3.8, 4) is 0 Å². The molecule has 3 aliphatic heterocycles. The number of nitrogens with one attached hydrogen (secondary N) is 1. The molecule has 0 saturated carbocycles. The van der Waals surface area contributed by atoms with Gasteiger partial charge in [-0.25, -0.2) is 0 Å². The van der Waals surface area contributed by atoms with Crippen molar-refractivity contribution >= 4 is 16.8 Å². The Morgan fingerprint density at radius 1 is 1.23 bits per heavy atom. The van der Waals surface area contributed by atoms with Crippen molar-refractivity contribution in [3.05, 3.63) is 36.0 Å². The number of aromatic amines is 1. The number of H-pyrrole nitrogens is 1. The molecule has 6 nitrogen and oxygen atoms in total. The topological polar surface area (TPSA) is 74.8 Å². The van der Waals surface area contributed by atoms with Crippen molar-refractivity contribution < 1.29 is 19.4 Å². The molecular weight excluding hydrogens is 332 g/mol. The van der Waals surface area contributed by atoms with Gasteiger partial charge >= 0.3 is 0 Å². The predicted molar refractivity (Wildman–Crippen MR) is 95.9 cm³/mol. The van der Waals surface area contributed by atoms with Crippen molar-refractivity contribution in [1.82, 2.24) is 9.88 Å². The van der Waals surface area contributed by atoms with Crippen molar-refractivity contribution in [2.75, 3.05) is 33.0 Å². The lowest BCUT2D eigenvalue weighted by Gasteiger charge is -2.57.